The minimum Gasteiger partial charge on any atom is -0.504 e. The van der Waals surface area contributed by atoms with Crippen molar-refractivity contribution in [2.75, 3.05) is 36.0 Å². The van der Waals surface area contributed by atoms with Crippen LogP contribution in [0.5, 0.6) is 23.0 Å². The van der Waals surface area contributed by atoms with E-state index in [0.717, 1.165) is 114 Å². The van der Waals surface area contributed by atoms with Crippen molar-refractivity contribution in [3.8, 4) is 34.1 Å². The molecule has 10 heteroatoms. The van der Waals surface area contributed by atoms with Crippen molar-refractivity contribution < 1.29 is 30.0 Å². The summed E-state index contributed by atoms with van der Waals surface area (Å²) in [5.41, 5.74) is 2.39. The lowest BCUT2D eigenvalue weighted by molar-refractivity contribution is -0.118. The summed E-state index contributed by atoms with van der Waals surface area (Å²) in [4.78, 5) is 35.9. The zero-order chi connectivity index (χ0) is 36.3. The number of carbonyl (C=O) groups excluding carboxylic acids is 2. The molecule has 6 heterocycles. The number of anilines is 2. The lowest BCUT2D eigenvalue weighted by Gasteiger charge is -2.58. The van der Waals surface area contributed by atoms with Gasteiger partial charge in [-0.15, -0.1) is 0 Å². The van der Waals surface area contributed by atoms with Gasteiger partial charge in [-0.1, -0.05) is 13.8 Å². The largest absolute Gasteiger partial charge is 0.504 e. The number of piperidine rings is 2. The van der Waals surface area contributed by atoms with Gasteiger partial charge in [0, 0.05) is 60.0 Å². The average Bonchev–Trinajstić information content (AvgIpc) is 3.88. The minimum absolute atomic E-state index is 0.0996. The lowest BCUT2D eigenvalue weighted by atomic mass is 9.52. The van der Waals surface area contributed by atoms with Gasteiger partial charge in [0.15, 0.2) is 23.0 Å². The summed E-state index contributed by atoms with van der Waals surface area (Å²) in [6.45, 7) is 11.6. The molecule has 4 saturated heterocycles. The van der Waals surface area contributed by atoms with Gasteiger partial charge in [-0.05, 0) is 137 Å². The van der Waals surface area contributed by atoms with E-state index in [0.29, 0.717) is 11.4 Å². The summed E-state index contributed by atoms with van der Waals surface area (Å²) in [5, 5.41) is 48.2. The molecule has 0 radical (unpaired) electrons. The fourth-order valence-corrected chi connectivity index (χ4v) is 15.0. The molecule has 8 unspecified atom stereocenters. The van der Waals surface area contributed by atoms with Gasteiger partial charge in [0.2, 0.25) is 11.8 Å². The summed E-state index contributed by atoms with van der Waals surface area (Å²) in [7, 11) is 0. The van der Waals surface area contributed by atoms with E-state index in [2.05, 4.69) is 23.6 Å². The van der Waals surface area contributed by atoms with Crippen molar-refractivity contribution in [2.45, 2.75) is 140 Å². The Morgan fingerprint density at radius 2 is 1.02 bits per heavy atom. The smallest absolute Gasteiger partial charge is 0.224 e. The van der Waals surface area contributed by atoms with Crippen LogP contribution in [0.15, 0.2) is 12.1 Å². The van der Waals surface area contributed by atoms with Gasteiger partial charge in [0.25, 0.3) is 0 Å². The second kappa shape index (κ2) is 10.6. The van der Waals surface area contributed by atoms with Gasteiger partial charge in [0.05, 0.1) is 11.4 Å². The van der Waals surface area contributed by atoms with Gasteiger partial charge in [-0.3, -0.25) is 19.4 Å². The highest BCUT2D eigenvalue weighted by atomic mass is 16.3. The van der Waals surface area contributed by atoms with E-state index in [1.807, 2.05) is 12.1 Å². The second-order valence-corrected chi connectivity index (χ2v) is 18.0. The van der Waals surface area contributed by atoms with Crippen LogP contribution in [0.25, 0.3) is 11.1 Å². The van der Waals surface area contributed by atoms with Crippen molar-refractivity contribution in [2.24, 2.45) is 10.8 Å². The van der Waals surface area contributed by atoms with Crippen LogP contribution in [0.3, 0.4) is 0 Å². The van der Waals surface area contributed by atoms with E-state index in [1.54, 1.807) is 23.6 Å². The molecule has 10 nitrogen and oxygen atoms in total. The molecule has 2 spiro atoms. The van der Waals surface area contributed by atoms with Gasteiger partial charge in [-0.2, -0.15) is 0 Å². The number of phenolic OH excluding ortho intramolecular Hbond substituents is 4. The average molecular weight is 711 g/mol. The molecule has 6 fully saturated rings. The molecule has 2 aromatic rings. The molecule has 10 rings (SSSR count). The number of benzene rings is 2. The molecule has 8 atom stereocenters. The van der Waals surface area contributed by atoms with Crippen LogP contribution in [0.2, 0.25) is 0 Å². The number of carbonyl (C=O) groups is 2. The molecular weight excluding hydrogens is 656 g/mol. The summed E-state index contributed by atoms with van der Waals surface area (Å²) in [5.74, 6) is -1.78. The third-order valence-corrected chi connectivity index (χ3v) is 16.7. The van der Waals surface area contributed by atoms with Crippen LogP contribution in [0.1, 0.15) is 116 Å². The molecule has 6 aliphatic heterocycles. The molecule has 4 N–H and O–H groups in total. The maximum absolute atomic E-state index is 13.6. The number of phenols is 4. The molecule has 278 valence electrons. The fraction of sp³-hybridized carbons (Fsp3) is 0.667. The number of aromatic hydroxyl groups is 4. The van der Waals surface area contributed by atoms with E-state index in [1.165, 1.54) is 0 Å². The molecule has 2 aromatic carbocycles. The first-order valence-electron chi connectivity index (χ1n) is 20.2. The molecular formula is C42H54N4O6. The molecule has 2 aliphatic carbocycles. The fourth-order valence-electron chi connectivity index (χ4n) is 15.0. The van der Waals surface area contributed by atoms with E-state index in [4.69, 9.17) is 0 Å². The lowest BCUT2D eigenvalue weighted by Crippen LogP contribution is -2.65. The van der Waals surface area contributed by atoms with Crippen LogP contribution in [-0.4, -0.2) is 92.4 Å². The first-order chi connectivity index (χ1) is 24.9. The molecule has 0 bridgehead atoms. The molecule has 0 aromatic heterocycles. The molecule has 2 amide bonds. The van der Waals surface area contributed by atoms with Gasteiger partial charge in [-0.25, -0.2) is 0 Å². The number of nitrogens with zero attached hydrogens (tertiary/aromatic N) is 4. The first kappa shape index (κ1) is 33.1. The first-order valence-corrected chi connectivity index (χ1v) is 20.2. The Kier molecular flexibility index (Phi) is 6.74. The van der Waals surface area contributed by atoms with Crippen molar-refractivity contribution in [1.29, 1.82) is 0 Å². The van der Waals surface area contributed by atoms with Crippen molar-refractivity contribution in [3.63, 3.8) is 0 Å². The third-order valence-electron chi connectivity index (χ3n) is 16.7. The number of fused-ring (bicyclic) bond motifs is 2. The summed E-state index contributed by atoms with van der Waals surface area (Å²) < 4.78 is 0. The van der Waals surface area contributed by atoms with E-state index >= 15 is 0 Å². The third kappa shape index (κ3) is 3.56. The van der Waals surface area contributed by atoms with Crippen molar-refractivity contribution in [3.05, 3.63) is 23.3 Å². The van der Waals surface area contributed by atoms with Crippen LogP contribution in [-0.2, 0) is 20.4 Å². The Morgan fingerprint density at radius 1 is 0.615 bits per heavy atom. The standard InChI is InChI=1S/C42H54N4O6/c1-5-39-11-7-17-43-19-15-41(37(39)43)27-21-25(33(49)35(51)31(27)45(23(3)47)29(41)9-13-39)26-22-28-32(36(52)34(26)50)46(24(4)48)30-10-14-40(6-2)12-8-18-44-20-16-42(28,30)38(40)44/h21-22,29-30,37-38,49-52H,5-20H2,1-4H3. The maximum atomic E-state index is 13.6. The zero-order valence-electron chi connectivity index (χ0n) is 31.2. The number of hydrogen-bond acceptors (Lipinski definition) is 8. The Balaban J connectivity index is 1.22. The van der Waals surface area contributed by atoms with Crippen LogP contribution in [0.4, 0.5) is 11.4 Å². The molecule has 52 heavy (non-hydrogen) atoms. The van der Waals surface area contributed by atoms with Crippen LogP contribution < -0.4 is 9.80 Å². The highest BCUT2D eigenvalue weighted by molar-refractivity contribution is 6.03. The highest BCUT2D eigenvalue weighted by Crippen LogP contribution is 2.71. The van der Waals surface area contributed by atoms with Crippen LogP contribution in [0, 0.1) is 10.8 Å². The van der Waals surface area contributed by atoms with Gasteiger partial charge in [0.1, 0.15) is 0 Å². The molecule has 2 saturated carbocycles. The number of amides is 2. The zero-order valence-corrected chi connectivity index (χ0v) is 31.2. The Hall–Kier alpha value is -3.50. The van der Waals surface area contributed by atoms with Crippen molar-refractivity contribution >= 4 is 23.2 Å². The van der Waals surface area contributed by atoms with E-state index < -0.39 is 22.3 Å². The normalized spacial score (nSPS) is 38.4. The van der Waals surface area contributed by atoms with E-state index in [-0.39, 0.29) is 69.4 Å². The second-order valence-electron chi connectivity index (χ2n) is 18.0. The predicted molar refractivity (Wildman–Crippen MR) is 198 cm³/mol. The Bertz CT molecular complexity index is 1810. The maximum Gasteiger partial charge on any atom is 0.224 e. The number of rotatable bonds is 3. The predicted octanol–water partition coefficient (Wildman–Crippen LogP) is 6.24. The van der Waals surface area contributed by atoms with Crippen LogP contribution >= 0.6 is 0 Å². The summed E-state index contributed by atoms with van der Waals surface area (Å²) >= 11 is 0. The SMILES string of the molecule is CCC12CCCN3CCC4(c5cc(-c6cc7c(c(O)c6O)N(C(C)=O)C6CCC8(CC)CCCN9CCC76C98)c(O)c(O)c5N(C(C)=O)C4CC1)C32. The Morgan fingerprint density at radius 3 is 1.38 bits per heavy atom. The van der Waals surface area contributed by atoms with Gasteiger partial charge >= 0.3 is 0 Å². The monoisotopic (exact) mass is 710 g/mol. The van der Waals surface area contributed by atoms with Gasteiger partial charge < -0.3 is 30.2 Å². The molecule has 8 aliphatic rings. The summed E-state index contributed by atoms with van der Waals surface area (Å²) in [6.07, 6.45) is 12.1. The number of hydrogen-bond donors (Lipinski definition) is 4. The minimum atomic E-state index is -0.433. The summed E-state index contributed by atoms with van der Waals surface area (Å²) in [6, 6.07) is 4.00. The van der Waals surface area contributed by atoms with E-state index in [9.17, 15) is 30.0 Å². The topological polar surface area (TPSA) is 128 Å². The Labute approximate surface area is 306 Å². The quantitative estimate of drug-likeness (QED) is 0.276. The van der Waals surface area contributed by atoms with Crippen molar-refractivity contribution in [1.82, 2.24) is 9.80 Å². The highest BCUT2D eigenvalue weighted by Gasteiger charge is 2.71.